The number of hydrogen-bond donors (Lipinski definition) is 0. The van der Waals surface area contributed by atoms with Crippen LogP contribution in [0, 0.1) is 48.3 Å². The molecule has 2 bridgehead atoms. The van der Waals surface area contributed by atoms with Gasteiger partial charge in [0.1, 0.15) is 5.75 Å². The molecule has 3 amide bonds. The van der Waals surface area contributed by atoms with E-state index in [1.165, 1.54) is 4.90 Å². The van der Waals surface area contributed by atoms with Crippen LogP contribution in [0.1, 0.15) is 18.4 Å². The summed E-state index contributed by atoms with van der Waals surface area (Å²) in [6.45, 7) is 2.23. The second kappa shape index (κ2) is 7.63. The summed E-state index contributed by atoms with van der Waals surface area (Å²) in [5.74, 6) is -0.393. The molecule has 4 fully saturated rings. The number of carbonyl (C=O) groups is 4. The highest BCUT2D eigenvalue weighted by Crippen LogP contribution is 2.65. The van der Waals surface area contributed by atoms with Gasteiger partial charge < -0.3 is 9.64 Å². The number of nitrogens with zero attached hydrogens (tertiary/aromatic N) is 2. The van der Waals surface area contributed by atoms with Crippen LogP contribution in [-0.4, -0.2) is 30.2 Å². The largest absolute Gasteiger partial charge is 0.426 e. The highest BCUT2D eigenvalue weighted by atomic mass is 16.5. The van der Waals surface area contributed by atoms with Gasteiger partial charge in [0.15, 0.2) is 0 Å². The zero-order valence-corrected chi connectivity index (χ0v) is 19.9. The predicted molar refractivity (Wildman–Crippen MR) is 131 cm³/mol. The Morgan fingerprint density at radius 3 is 2.22 bits per heavy atom. The first-order valence-corrected chi connectivity index (χ1v) is 12.7. The Bertz CT molecular complexity index is 1310. The maximum absolute atomic E-state index is 13.4. The fraction of sp³-hybridized carbons (Fsp3) is 0.379. The van der Waals surface area contributed by atoms with Crippen molar-refractivity contribution in [1.82, 2.24) is 0 Å². The minimum absolute atomic E-state index is 0.0803. The molecule has 182 valence electrons. The molecule has 4 aliphatic carbocycles. The van der Waals surface area contributed by atoms with Crippen LogP contribution in [0.3, 0.4) is 0 Å². The SMILES string of the molecule is Cc1ccc(N2C[C@H](C(=O)Oc3cccc(N4C(=O)[C@H]5[C@@H]6C=C[C@H]([C@H]7C[C@H]67)[C@@H]5C4=O)c3)CC2=O)cc1. The lowest BCUT2D eigenvalue weighted by Crippen LogP contribution is -2.40. The maximum Gasteiger partial charge on any atom is 0.316 e. The molecule has 7 atom stereocenters. The Hall–Kier alpha value is -3.74. The second-order valence-corrected chi connectivity index (χ2v) is 10.8. The molecule has 6 aliphatic rings. The van der Waals surface area contributed by atoms with Crippen molar-refractivity contribution in [2.24, 2.45) is 41.4 Å². The number of esters is 1. The normalized spacial score (nSPS) is 33.7. The van der Waals surface area contributed by atoms with E-state index in [4.69, 9.17) is 4.74 Å². The summed E-state index contributed by atoms with van der Waals surface area (Å²) in [5.41, 5.74) is 2.29. The molecule has 7 nitrogen and oxygen atoms in total. The van der Waals surface area contributed by atoms with Gasteiger partial charge in [-0.25, -0.2) is 4.90 Å². The smallest absolute Gasteiger partial charge is 0.316 e. The van der Waals surface area contributed by atoms with E-state index in [0.29, 0.717) is 17.5 Å². The van der Waals surface area contributed by atoms with Crippen LogP contribution in [0.25, 0.3) is 0 Å². The number of rotatable bonds is 4. The summed E-state index contributed by atoms with van der Waals surface area (Å²) < 4.78 is 5.64. The molecule has 36 heavy (non-hydrogen) atoms. The third-order valence-corrected chi connectivity index (χ3v) is 8.76. The Labute approximate surface area is 208 Å². The zero-order valence-electron chi connectivity index (χ0n) is 19.9. The van der Waals surface area contributed by atoms with Crippen LogP contribution in [0.2, 0.25) is 0 Å². The van der Waals surface area contributed by atoms with Crippen molar-refractivity contribution in [2.45, 2.75) is 19.8 Å². The monoisotopic (exact) mass is 482 g/mol. The van der Waals surface area contributed by atoms with E-state index in [9.17, 15) is 19.2 Å². The highest BCUT2D eigenvalue weighted by molar-refractivity contribution is 6.22. The summed E-state index contributed by atoms with van der Waals surface area (Å²) in [6, 6.07) is 14.2. The Kier molecular flexibility index (Phi) is 4.56. The summed E-state index contributed by atoms with van der Waals surface area (Å²) >= 11 is 0. The molecule has 0 radical (unpaired) electrons. The van der Waals surface area contributed by atoms with Crippen molar-refractivity contribution in [3.05, 3.63) is 66.2 Å². The number of anilines is 2. The van der Waals surface area contributed by atoms with Gasteiger partial charge in [-0.3, -0.25) is 19.2 Å². The van der Waals surface area contributed by atoms with E-state index in [2.05, 4.69) is 12.2 Å². The molecule has 0 aromatic heterocycles. The molecule has 0 unspecified atom stereocenters. The van der Waals surface area contributed by atoms with Crippen molar-refractivity contribution in [3.8, 4) is 5.75 Å². The lowest BCUT2D eigenvalue weighted by molar-refractivity contribution is -0.139. The van der Waals surface area contributed by atoms with Gasteiger partial charge in [0.05, 0.1) is 23.4 Å². The van der Waals surface area contributed by atoms with Crippen molar-refractivity contribution in [1.29, 1.82) is 0 Å². The van der Waals surface area contributed by atoms with Gasteiger partial charge in [0, 0.05) is 24.7 Å². The van der Waals surface area contributed by atoms with Crippen LogP contribution in [0.5, 0.6) is 5.75 Å². The molecule has 2 saturated heterocycles. The van der Waals surface area contributed by atoms with Crippen molar-refractivity contribution in [3.63, 3.8) is 0 Å². The van der Waals surface area contributed by atoms with Gasteiger partial charge in [-0.15, -0.1) is 0 Å². The summed E-state index contributed by atoms with van der Waals surface area (Å²) in [6.07, 6.45) is 5.49. The van der Waals surface area contributed by atoms with Gasteiger partial charge in [-0.05, 0) is 61.3 Å². The quantitative estimate of drug-likeness (QED) is 0.288. The van der Waals surface area contributed by atoms with Crippen molar-refractivity contribution in [2.75, 3.05) is 16.3 Å². The minimum atomic E-state index is -0.589. The number of aryl methyl sites for hydroxylation is 1. The summed E-state index contributed by atoms with van der Waals surface area (Å²) in [4.78, 5) is 55.2. The highest BCUT2D eigenvalue weighted by Gasteiger charge is 2.67. The van der Waals surface area contributed by atoms with E-state index in [1.807, 2.05) is 31.2 Å². The second-order valence-electron chi connectivity index (χ2n) is 10.8. The molecule has 2 heterocycles. The van der Waals surface area contributed by atoms with Crippen LogP contribution in [-0.2, 0) is 19.2 Å². The number of ether oxygens (including phenoxy) is 1. The van der Waals surface area contributed by atoms with E-state index >= 15 is 0 Å². The Balaban J connectivity index is 1.07. The van der Waals surface area contributed by atoms with Crippen molar-refractivity contribution >= 4 is 35.1 Å². The van der Waals surface area contributed by atoms with Crippen LogP contribution in [0.4, 0.5) is 11.4 Å². The molecule has 0 spiro atoms. The van der Waals surface area contributed by atoms with Crippen LogP contribution in [0.15, 0.2) is 60.7 Å². The third kappa shape index (κ3) is 3.11. The van der Waals surface area contributed by atoms with Gasteiger partial charge in [-0.2, -0.15) is 0 Å². The number of hydrogen-bond acceptors (Lipinski definition) is 5. The third-order valence-electron chi connectivity index (χ3n) is 8.76. The van der Waals surface area contributed by atoms with Gasteiger partial charge >= 0.3 is 5.97 Å². The molecule has 2 aliphatic heterocycles. The fourth-order valence-electron chi connectivity index (χ4n) is 6.94. The van der Waals surface area contributed by atoms with Gasteiger partial charge in [0.2, 0.25) is 17.7 Å². The molecule has 8 rings (SSSR count). The van der Waals surface area contributed by atoms with E-state index in [1.54, 1.807) is 29.2 Å². The van der Waals surface area contributed by atoms with Crippen molar-refractivity contribution < 1.29 is 23.9 Å². The summed E-state index contributed by atoms with van der Waals surface area (Å²) in [7, 11) is 0. The minimum Gasteiger partial charge on any atom is -0.426 e. The zero-order chi connectivity index (χ0) is 24.7. The Morgan fingerprint density at radius 1 is 0.889 bits per heavy atom. The number of imide groups is 1. The number of carbonyl (C=O) groups excluding carboxylic acids is 4. The van der Waals surface area contributed by atoms with Gasteiger partial charge in [0.25, 0.3) is 0 Å². The lowest BCUT2D eigenvalue weighted by atomic mass is 9.63. The molecular weight excluding hydrogens is 456 g/mol. The number of allylic oxidation sites excluding steroid dienone is 2. The maximum atomic E-state index is 13.4. The molecule has 7 heteroatoms. The fourth-order valence-corrected chi connectivity index (χ4v) is 6.94. The van der Waals surface area contributed by atoms with E-state index < -0.39 is 11.9 Å². The predicted octanol–water partition coefficient (Wildman–Crippen LogP) is 3.51. The Morgan fingerprint density at radius 2 is 1.56 bits per heavy atom. The first-order chi connectivity index (χ1) is 17.4. The topological polar surface area (TPSA) is 84.0 Å². The lowest BCUT2D eigenvalue weighted by Gasteiger charge is -2.37. The first-order valence-electron chi connectivity index (χ1n) is 12.7. The number of amides is 3. The molecule has 2 saturated carbocycles. The molecule has 2 aromatic carbocycles. The van der Waals surface area contributed by atoms with Crippen LogP contribution >= 0.6 is 0 Å². The van der Waals surface area contributed by atoms with E-state index in [-0.39, 0.29) is 60.1 Å². The van der Waals surface area contributed by atoms with E-state index in [0.717, 1.165) is 17.7 Å². The molecular formula is C29H26N2O5. The average Bonchev–Trinajstić information content (AvgIpc) is 3.55. The first kappa shape index (κ1) is 21.5. The summed E-state index contributed by atoms with van der Waals surface area (Å²) in [5, 5.41) is 0. The molecule has 2 aromatic rings. The molecule has 0 N–H and O–H groups in total. The average molecular weight is 483 g/mol. The van der Waals surface area contributed by atoms with Gasteiger partial charge in [-0.1, -0.05) is 35.9 Å². The standard InChI is InChI=1S/C29H26N2O5/c1-15-5-7-17(8-6-15)30-14-16(11-24(30)32)29(35)36-19-4-2-3-18(12-19)31-27(33)25-20-9-10-21(23-13-22(20)23)26(25)28(31)34/h2-10,12,16,20-23,25-26H,11,13-14H2,1H3/t16-,20-,21-,22-,23-,25+,26+/m1/s1. The van der Waals surface area contributed by atoms with Crippen LogP contribution < -0.4 is 14.5 Å². The number of benzene rings is 2.